The summed E-state index contributed by atoms with van der Waals surface area (Å²) in [5, 5.41) is 8.77. The molecule has 0 unspecified atom stereocenters. The summed E-state index contributed by atoms with van der Waals surface area (Å²) in [6.45, 7) is 7.37. The number of hydrogen-bond donors (Lipinski definition) is 1. The molecule has 0 saturated carbocycles. The van der Waals surface area contributed by atoms with Crippen molar-refractivity contribution >= 4 is 5.97 Å². The number of aromatic carboxylic acids is 1. The minimum Gasteiger partial charge on any atom is -0.494 e. The van der Waals surface area contributed by atoms with Gasteiger partial charge in [0.25, 0.3) is 0 Å². The van der Waals surface area contributed by atoms with Crippen LogP contribution in [-0.4, -0.2) is 44.1 Å². The van der Waals surface area contributed by atoms with Gasteiger partial charge in [-0.15, -0.1) is 0 Å². The van der Waals surface area contributed by atoms with Crippen molar-refractivity contribution in [1.82, 2.24) is 0 Å². The molecule has 1 rings (SSSR count). The van der Waals surface area contributed by atoms with Crippen LogP contribution in [0.25, 0.3) is 0 Å². The zero-order valence-electron chi connectivity index (χ0n) is 12.7. The van der Waals surface area contributed by atoms with Gasteiger partial charge in [0, 0.05) is 19.6 Å². The molecule has 0 aliphatic carbocycles. The summed E-state index contributed by atoms with van der Waals surface area (Å²) in [6, 6.07) is 6.37. The summed E-state index contributed by atoms with van der Waals surface area (Å²) >= 11 is 0. The first-order chi connectivity index (χ1) is 10.1. The fourth-order valence-corrected chi connectivity index (χ4v) is 1.58. The van der Waals surface area contributed by atoms with Gasteiger partial charge < -0.3 is 19.3 Å². The number of rotatable bonds is 11. The van der Waals surface area contributed by atoms with Crippen LogP contribution in [0.5, 0.6) is 5.75 Å². The average molecular weight is 296 g/mol. The maximum absolute atomic E-state index is 10.7. The van der Waals surface area contributed by atoms with Crippen LogP contribution in [0.2, 0.25) is 0 Å². The Labute approximate surface area is 125 Å². The van der Waals surface area contributed by atoms with E-state index in [-0.39, 0.29) is 5.56 Å². The minimum absolute atomic E-state index is 0.257. The number of benzene rings is 1. The molecule has 0 amide bonds. The van der Waals surface area contributed by atoms with Crippen LogP contribution >= 0.6 is 0 Å². The van der Waals surface area contributed by atoms with Gasteiger partial charge in [-0.05, 0) is 30.2 Å². The van der Waals surface area contributed by atoms with Crippen molar-refractivity contribution in [2.75, 3.05) is 33.0 Å². The molecule has 0 aliphatic heterocycles. The van der Waals surface area contributed by atoms with Gasteiger partial charge in [-0.25, -0.2) is 4.79 Å². The molecule has 0 radical (unpaired) electrons. The summed E-state index contributed by atoms with van der Waals surface area (Å²) in [4.78, 5) is 10.7. The number of ether oxygens (including phenoxy) is 3. The minimum atomic E-state index is -0.936. The van der Waals surface area contributed by atoms with E-state index in [1.165, 1.54) is 12.1 Å². The first-order valence-electron chi connectivity index (χ1n) is 7.21. The maximum atomic E-state index is 10.7. The number of hydrogen-bond acceptors (Lipinski definition) is 4. The fourth-order valence-electron chi connectivity index (χ4n) is 1.58. The monoisotopic (exact) mass is 296 g/mol. The third-order valence-electron chi connectivity index (χ3n) is 2.63. The van der Waals surface area contributed by atoms with Crippen molar-refractivity contribution in [2.24, 2.45) is 5.92 Å². The van der Waals surface area contributed by atoms with E-state index < -0.39 is 5.97 Å². The summed E-state index contributed by atoms with van der Waals surface area (Å²) < 4.78 is 16.3. The predicted molar refractivity (Wildman–Crippen MR) is 80.0 cm³/mol. The Hall–Kier alpha value is -1.59. The lowest BCUT2D eigenvalue weighted by atomic mass is 10.2. The Morgan fingerprint density at radius 3 is 2.33 bits per heavy atom. The van der Waals surface area contributed by atoms with Crippen LogP contribution in [0, 0.1) is 5.92 Å². The summed E-state index contributed by atoms with van der Waals surface area (Å²) in [5.41, 5.74) is 0.257. The second-order valence-electron chi connectivity index (χ2n) is 5.11. The lowest BCUT2D eigenvalue weighted by Gasteiger charge is -2.08. The van der Waals surface area contributed by atoms with E-state index >= 15 is 0 Å². The van der Waals surface area contributed by atoms with Gasteiger partial charge in [0.1, 0.15) is 5.75 Å². The van der Waals surface area contributed by atoms with E-state index in [9.17, 15) is 4.79 Å². The molecule has 5 nitrogen and oxygen atoms in total. The first kappa shape index (κ1) is 17.5. The lowest BCUT2D eigenvalue weighted by Crippen LogP contribution is -2.10. The summed E-state index contributed by atoms with van der Waals surface area (Å²) in [5.74, 6) is 0.279. The molecule has 0 fully saturated rings. The molecule has 1 aromatic carbocycles. The third-order valence-corrected chi connectivity index (χ3v) is 2.63. The molecular weight excluding hydrogens is 272 g/mol. The van der Waals surface area contributed by atoms with E-state index in [1.54, 1.807) is 12.1 Å². The van der Waals surface area contributed by atoms with Crippen molar-refractivity contribution in [3.63, 3.8) is 0 Å². The SMILES string of the molecule is CC(C)COCCOCCCOc1ccc(C(=O)O)cc1. The van der Waals surface area contributed by atoms with Gasteiger partial charge in [-0.1, -0.05) is 13.8 Å². The summed E-state index contributed by atoms with van der Waals surface area (Å²) in [7, 11) is 0. The molecule has 0 aromatic heterocycles. The Morgan fingerprint density at radius 2 is 1.71 bits per heavy atom. The molecule has 0 saturated heterocycles. The van der Waals surface area contributed by atoms with Gasteiger partial charge in [-0.2, -0.15) is 0 Å². The van der Waals surface area contributed by atoms with Gasteiger partial charge in [0.2, 0.25) is 0 Å². The predicted octanol–water partition coefficient (Wildman–Crippen LogP) is 2.84. The Morgan fingerprint density at radius 1 is 1.05 bits per heavy atom. The van der Waals surface area contributed by atoms with Crippen molar-refractivity contribution in [3.8, 4) is 5.75 Å². The topological polar surface area (TPSA) is 65.0 Å². The lowest BCUT2D eigenvalue weighted by molar-refractivity contribution is 0.0343. The van der Waals surface area contributed by atoms with E-state index in [2.05, 4.69) is 13.8 Å². The number of carboxylic acid groups (broad SMARTS) is 1. The van der Waals surface area contributed by atoms with Crippen molar-refractivity contribution in [2.45, 2.75) is 20.3 Å². The van der Waals surface area contributed by atoms with Crippen LogP contribution in [0.15, 0.2) is 24.3 Å². The van der Waals surface area contributed by atoms with Crippen LogP contribution in [0.3, 0.4) is 0 Å². The second kappa shape index (κ2) is 10.2. The first-order valence-corrected chi connectivity index (χ1v) is 7.21. The third kappa shape index (κ3) is 8.32. The van der Waals surface area contributed by atoms with E-state index in [4.69, 9.17) is 19.3 Å². The zero-order chi connectivity index (χ0) is 15.5. The van der Waals surface area contributed by atoms with Gasteiger partial charge in [0.05, 0.1) is 25.4 Å². The van der Waals surface area contributed by atoms with Crippen LogP contribution in [-0.2, 0) is 9.47 Å². The van der Waals surface area contributed by atoms with E-state index in [1.807, 2.05) is 0 Å². The largest absolute Gasteiger partial charge is 0.494 e. The van der Waals surface area contributed by atoms with E-state index in [0.29, 0.717) is 38.1 Å². The molecular formula is C16H24O5. The standard InChI is InChI=1S/C16H24O5/c1-13(2)12-20-11-10-19-8-3-9-21-15-6-4-14(5-7-15)16(17)18/h4-7,13H,3,8-12H2,1-2H3,(H,17,18). The second-order valence-corrected chi connectivity index (χ2v) is 5.11. The molecule has 5 heteroatoms. The molecule has 0 heterocycles. The normalized spacial score (nSPS) is 10.8. The van der Waals surface area contributed by atoms with Crippen LogP contribution in [0.1, 0.15) is 30.6 Å². The molecule has 0 aliphatic rings. The molecule has 1 N–H and O–H groups in total. The smallest absolute Gasteiger partial charge is 0.335 e. The van der Waals surface area contributed by atoms with E-state index in [0.717, 1.165) is 13.0 Å². The Balaban J connectivity index is 2.00. The molecule has 1 aromatic rings. The maximum Gasteiger partial charge on any atom is 0.335 e. The van der Waals surface area contributed by atoms with Crippen molar-refractivity contribution in [1.29, 1.82) is 0 Å². The average Bonchev–Trinajstić information content (AvgIpc) is 2.45. The Kier molecular flexibility index (Phi) is 8.47. The quantitative estimate of drug-likeness (QED) is 0.636. The molecule has 0 atom stereocenters. The van der Waals surface area contributed by atoms with Gasteiger partial charge >= 0.3 is 5.97 Å². The van der Waals surface area contributed by atoms with Crippen molar-refractivity contribution < 1.29 is 24.1 Å². The highest BCUT2D eigenvalue weighted by Gasteiger charge is 2.01. The summed E-state index contributed by atoms with van der Waals surface area (Å²) in [6.07, 6.45) is 0.783. The highest BCUT2D eigenvalue weighted by Crippen LogP contribution is 2.12. The molecule has 0 bridgehead atoms. The van der Waals surface area contributed by atoms with Gasteiger partial charge in [-0.3, -0.25) is 0 Å². The van der Waals surface area contributed by atoms with Crippen LogP contribution in [0.4, 0.5) is 0 Å². The van der Waals surface area contributed by atoms with Crippen molar-refractivity contribution in [3.05, 3.63) is 29.8 Å². The molecule has 0 spiro atoms. The molecule has 21 heavy (non-hydrogen) atoms. The van der Waals surface area contributed by atoms with Crippen LogP contribution < -0.4 is 4.74 Å². The highest BCUT2D eigenvalue weighted by atomic mass is 16.5. The number of carbonyl (C=O) groups is 1. The highest BCUT2D eigenvalue weighted by molar-refractivity contribution is 5.87. The Bertz CT molecular complexity index is 400. The number of carboxylic acids is 1. The fraction of sp³-hybridized carbons (Fsp3) is 0.562. The zero-order valence-corrected chi connectivity index (χ0v) is 12.7. The van der Waals surface area contributed by atoms with Gasteiger partial charge in [0.15, 0.2) is 0 Å². The molecule has 118 valence electrons.